The molecule has 2 aromatic rings. The summed E-state index contributed by atoms with van der Waals surface area (Å²) in [5, 5.41) is 3.11. The van der Waals surface area contributed by atoms with Gasteiger partial charge in [0, 0.05) is 10.3 Å². The fourth-order valence-corrected chi connectivity index (χ4v) is 2.52. The molecule has 1 nitrogen and oxygen atoms in total. The van der Waals surface area contributed by atoms with Gasteiger partial charge in [-0.3, -0.25) is 0 Å². The third-order valence-corrected chi connectivity index (χ3v) is 3.25. The van der Waals surface area contributed by atoms with Crippen LogP contribution in [0.3, 0.4) is 0 Å². The molecule has 0 bridgehead atoms. The van der Waals surface area contributed by atoms with Gasteiger partial charge >= 0.3 is 0 Å². The largest absolute Gasteiger partial charge is 0.330 e. The van der Waals surface area contributed by atoms with Gasteiger partial charge in [0.1, 0.15) is 6.17 Å². The second-order valence-corrected chi connectivity index (χ2v) is 4.15. The van der Waals surface area contributed by atoms with E-state index in [1.165, 1.54) is 0 Å². The van der Waals surface area contributed by atoms with E-state index in [0.29, 0.717) is 13.0 Å². The Labute approximate surface area is 86.4 Å². The fourth-order valence-electron chi connectivity index (χ4n) is 1.56. The lowest BCUT2D eigenvalue weighted by Gasteiger charge is -2.07. The van der Waals surface area contributed by atoms with E-state index in [2.05, 4.69) is 0 Å². The summed E-state index contributed by atoms with van der Waals surface area (Å²) in [5.74, 6) is 0. The van der Waals surface area contributed by atoms with Crippen molar-refractivity contribution in [3.8, 4) is 0 Å². The molecule has 2 N–H and O–H groups in total. The van der Waals surface area contributed by atoms with Gasteiger partial charge in [0.15, 0.2) is 0 Å². The second-order valence-electron chi connectivity index (χ2n) is 3.23. The summed E-state index contributed by atoms with van der Waals surface area (Å²) < 4.78 is 14.7. The molecule has 1 aromatic carbocycles. The Morgan fingerprint density at radius 2 is 2.21 bits per heavy atom. The highest BCUT2D eigenvalue weighted by Gasteiger charge is 2.12. The minimum atomic E-state index is -0.928. The van der Waals surface area contributed by atoms with Crippen molar-refractivity contribution in [2.75, 3.05) is 6.54 Å². The lowest BCUT2D eigenvalue weighted by molar-refractivity contribution is 0.330. The highest BCUT2D eigenvalue weighted by molar-refractivity contribution is 7.17. The summed E-state index contributed by atoms with van der Waals surface area (Å²) in [4.78, 5) is 0. The number of rotatable bonds is 3. The third kappa shape index (κ3) is 1.65. The molecule has 14 heavy (non-hydrogen) atoms. The van der Waals surface area contributed by atoms with E-state index >= 15 is 0 Å². The molecule has 0 aliphatic carbocycles. The molecule has 1 heterocycles. The maximum Gasteiger partial charge on any atom is 0.128 e. The van der Waals surface area contributed by atoms with E-state index in [1.54, 1.807) is 11.3 Å². The first-order valence-corrected chi connectivity index (χ1v) is 5.51. The zero-order valence-corrected chi connectivity index (χ0v) is 8.56. The first-order valence-electron chi connectivity index (χ1n) is 4.63. The molecule has 1 unspecified atom stereocenters. The normalized spacial score (nSPS) is 13.3. The summed E-state index contributed by atoms with van der Waals surface area (Å²) in [5.41, 5.74) is 6.13. The number of hydrogen-bond donors (Lipinski definition) is 1. The maximum atomic E-state index is 13.7. The molecule has 0 fully saturated rings. The summed E-state index contributed by atoms with van der Waals surface area (Å²) >= 11 is 1.59. The van der Waals surface area contributed by atoms with Gasteiger partial charge in [0.25, 0.3) is 0 Å². The van der Waals surface area contributed by atoms with Crippen molar-refractivity contribution in [3.63, 3.8) is 0 Å². The molecule has 2 rings (SSSR count). The number of benzene rings is 1. The molecular formula is C11H12FNS. The van der Waals surface area contributed by atoms with Gasteiger partial charge in [-0.15, -0.1) is 11.3 Å². The molecule has 0 aliphatic heterocycles. The molecule has 74 valence electrons. The maximum absolute atomic E-state index is 13.7. The molecule has 0 radical (unpaired) electrons. The van der Waals surface area contributed by atoms with Crippen LogP contribution in [0.25, 0.3) is 10.1 Å². The van der Waals surface area contributed by atoms with Crippen molar-refractivity contribution in [3.05, 3.63) is 35.2 Å². The first kappa shape index (κ1) is 9.62. The zero-order valence-electron chi connectivity index (χ0n) is 7.74. The van der Waals surface area contributed by atoms with Crippen LogP contribution in [-0.2, 0) is 0 Å². The van der Waals surface area contributed by atoms with Crippen LogP contribution in [0.4, 0.5) is 4.39 Å². The molecule has 1 aromatic heterocycles. The Morgan fingerprint density at radius 3 is 3.00 bits per heavy atom. The van der Waals surface area contributed by atoms with Crippen LogP contribution in [0, 0.1) is 0 Å². The van der Waals surface area contributed by atoms with Gasteiger partial charge in [-0.2, -0.15) is 0 Å². The number of alkyl halides is 1. The highest BCUT2D eigenvalue weighted by Crippen LogP contribution is 2.31. The Balaban J connectivity index is 2.45. The average molecular weight is 209 g/mol. The van der Waals surface area contributed by atoms with E-state index in [-0.39, 0.29) is 0 Å². The van der Waals surface area contributed by atoms with Crippen LogP contribution in [0.1, 0.15) is 18.2 Å². The predicted octanol–water partition coefficient (Wildman–Crippen LogP) is 3.26. The third-order valence-electron chi connectivity index (χ3n) is 2.27. The lowest BCUT2D eigenvalue weighted by Crippen LogP contribution is -2.03. The summed E-state index contributed by atoms with van der Waals surface area (Å²) in [6, 6.07) is 7.76. The van der Waals surface area contributed by atoms with E-state index in [0.717, 1.165) is 15.6 Å². The highest BCUT2D eigenvalue weighted by atomic mass is 32.1. The van der Waals surface area contributed by atoms with Gasteiger partial charge < -0.3 is 5.73 Å². The van der Waals surface area contributed by atoms with Crippen molar-refractivity contribution in [2.45, 2.75) is 12.6 Å². The number of thiophene rings is 1. The predicted molar refractivity (Wildman–Crippen MR) is 59.3 cm³/mol. The summed E-state index contributed by atoms with van der Waals surface area (Å²) in [6.07, 6.45) is -0.529. The smallest absolute Gasteiger partial charge is 0.128 e. The van der Waals surface area contributed by atoms with Crippen molar-refractivity contribution in [1.82, 2.24) is 0 Å². The van der Waals surface area contributed by atoms with Gasteiger partial charge in [-0.1, -0.05) is 18.2 Å². The zero-order chi connectivity index (χ0) is 9.97. The Kier molecular flexibility index (Phi) is 2.79. The Bertz CT molecular complexity index is 424. The van der Waals surface area contributed by atoms with Gasteiger partial charge in [-0.25, -0.2) is 4.39 Å². The molecule has 3 heteroatoms. The first-order chi connectivity index (χ1) is 6.83. The molecule has 0 aliphatic rings. The SMILES string of the molecule is NCCC(F)c1cccc2ccsc12. The van der Waals surface area contributed by atoms with E-state index in [9.17, 15) is 4.39 Å². The van der Waals surface area contributed by atoms with Crippen molar-refractivity contribution >= 4 is 21.4 Å². The molecule has 0 amide bonds. The standard InChI is InChI=1S/C11H12FNS/c12-10(4-6-13)9-3-1-2-8-5-7-14-11(8)9/h1-3,5,7,10H,4,6,13H2. The summed E-state index contributed by atoms with van der Waals surface area (Å²) in [6.45, 7) is 0.392. The number of fused-ring (bicyclic) bond motifs is 1. The van der Waals surface area contributed by atoms with Gasteiger partial charge in [-0.05, 0) is 29.8 Å². The van der Waals surface area contributed by atoms with E-state index < -0.39 is 6.17 Å². The van der Waals surface area contributed by atoms with Crippen LogP contribution < -0.4 is 5.73 Å². The van der Waals surface area contributed by atoms with E-state index in [1.807, 2.05) is 29.6 Å². The Hall–Kier alpha value is -0.930. The molecule has 1 atom stereocenters. The summed E-state index contributed by atoms with van der Waals surface area (Å²) in [7, 11) is 0. The quantitative estimate of drug-likeness (QED) is 0.825. The lowest BCUT2D eigenvalue weighted by atomic mass is 10.1. The topological polar surface area (TPSA) is 26.0 Å². The fraction of sp³-hybridized carbons (Fsp3) is 0.273. The number of nitrogens with two attached hydrogens (primary N) is 1. The Morgan fingerprint density at radius 1 is 1.36 bits per heavy atom. The number of halogens is 1. The van der Waals surface area contributed by atoms with E-state index in [4.69, 9.17) is 5.73 Å². The van der Waals surface area contributed by atoms with Gasteiger partial charge in [0.05, 0.1) is 0 Å². The van der Waals surface area contributed by atoms with Crippen LogP contribution in [0.15, 0.2) is 29.6 Å². The van der Waals surface area contributed by atoms with Crippen LogP contribution in [0.5, 0.6) is 0 Å². The monoisotopic (exact) mass is 209 g/mol. The molecule has 0 saturated heterocycles. The minimum absolute atomic E-state index is 0.392. The van der Waals surface area contributed by atoms with Gasteiger partial charge in [0.2, 0.25) is 0 Å². The van der Waals surface area contributed by atoms with Crippen molar-refractivity contribution < 1.29 is 4.39 Å². The number of hydrogen-bond acceptors (Lipinski definition) is 2. The molecule has 0 spiro atoms. The molecular weight excluding hydrogens is 197 g/mol. The molecule has 0 saturated carbocycles. The van der Waals surface area contributed by atoms with Crippen molar-refractivity contribution in [1.29, 1.82) is 0 Å². The second kappa shape index (κ2) is 4.07. The van der Waals surface area contributed by atoms with Crippen LogP contribution in [-0.4, -0.2) is 6.54 Å². The van der Waals surface area contributed by atoms with Crippen LogP contribution in [0.2, 0.25) is 0 Å². The average Bonchev–Trinajstić information content (AvgIpc) is 2.65. The van der Waals surface area contributed by atoms with Crippen LogP contribution >= 0.6 is 11.3 Å². The van der Waals surface area contributed by atoms with Crippen molar-refractivity contribution in [2.24, 2.45) is 5.73 Å². The minimum Gasteiger partial charge on any atom is -0.330 e.